The first-order valence-corrected chi connectivity index (χ1v) is 11.0. The Balaban J connectivity index is 1.37. The Labute approximate surface area is 174 Å². The van der Waals surface area contributed by atoms with Crippen molar-refractivity contribution in [2.45, 2.75) is 44.1 Å². The highest BCUT2D eigenvalue weighted by Gasteiger charge is 2.30. The van der Waals surface area contributed by atoms with Crippen LogP contribution in [-0.4, -0.2) is 17.0 Å². The summed E-state index contributed by atoms with van der Waals surface area (Å²) in [5, 5.41) is 7.04. The van der Waals surface area contributed by atoms with E-state index < -0.39 is 0 Å². The van der Waals surface area contributed by atoms with Crippen molar-refractivity contribution in [1.29, 1.82) is 0 Å². The molecule has 5 nitrogen and oxygen atoms in total. The van der Waals surface area contributed by atoms with E-state index in [1.165, 1.54) is 12.8 Å². The number of hydrogen-bond acceptors (Lipinski definition) is 5. The van der Waals surface area contributed by atoms with Gasteiger partial charge in [-0.1, -0.05) is 41.7 Å². The Bertz CT molecular complexity index is 995. The van der Waals surface area contributed by atoms with Gasteiger partial charge in [-0.25, -0.2) is 4.98 Å². The van der Waals surface area contributed by atoms with Gasteiger partial charge in [-0.15, -0.1) is 0 Å². The third kappa shape index (κ3) is 3.98. The van der Waals surface area contributed by atoms with Crippen LogP contribution >= 0.6 is 11.3 Å². The molecule has 1 saturated carbocycles. The van der Waals surface area contributed by atoms with Gasteiger partial charge < -0.3 is 15.4 Å². The van der Waals surface area contributed by atoms with E-state index in [0.29, 0.717) is 18.3 Å². The number of rotatable bonds is 5. The monoisotopic (exact) mass is 405 g/mol. The molecule has 2 aliphatic rings. The SMILES string of the molecule is O=C1CC(c2ccc(OC3CCCC3)cc2)c2sc(Nc3ccccc3)nc2N1. The molecule has 3 aromatic rings. The van der Waals surface area contributed by atoms with Crippen LogP contribution in [0, 0.1) is 0 Å². The van der Waals surface area contributed by atoms with Gasteiger partial charge in [0, 0.05) is 18.0 Å². The van der Waals surface area contributed by atoms with Crippen LogP contribution < -0.4 is 15.4 Å². The predicted octanol–water partition coefficient (Wildman–Crippen LogP) is 5.68. The molecule has 1 unspecified atom stereocenters. The molecule has 1 aliphatic heterocycles. The van der Waals surface area contributed by atoms with Crippen molar-refractivity contribution in [3.63, 3.8) is 0 Å². The summed E-state index contributed by atoms with van der Waals surface area (Å²) in [5.74, 6) is 1.60. The van der Waals surface area contributed by atoms with Crippen LogP contribution in [0.1, 0.15) is 48.5 Å². The molecule has 148 valence electrons. The molecule has 1 aromatic heterocycles. The van der Waals surface area contributed by atoms with E-state index in [1.807, 2.05) is 42.5 Å². The molecular weight excluding hydrogens is 382 g/mol. The molecule has 5 rings (SSSR count). The zero-order chi connectivity index (χ0) is 19.6. The molecule has 1 fully saturated rings. The maximum Gasteiger partial charge on any atom is 0.226 e. The lowest BCUT2D eigenvalue weighted by Gasteiger charge is -2.22. The number of hydrogen-bond donors (Lipinski definition) is 2. The van der Waals surface area contributed by atoms with E-state index in [0.717, 1.165) is 39.9 Å². The minimum absolute atomic E-state index is 0.00495. The van der Waals surface area contributed by atoms with Gasteiger partial charge in [0.05, 0.1) is 11.0 Å². The maximum absolute atomic E-state index is 12.3. The topological polar surface area (TPSA) is 63.2 Å². The highest BCUT2D eigenvalue weighted by molar-refractivity contribution is 7.16. The van der Waals surface area contributed by atoms with E-state index in [9.17, 15) is 4.79 Å². The lowest BCUT2D eigenvalue weighted by Crippen LogP contribution is -2.22. The van der Waals surface area contributed by atoms with Gasteiger partial charge in [-0.3, -0.25) is 4.79 Å². The number of ether oxygens (including phenoxy) is 1. The molecule has 0 spiro atoms. The van der Waals surface area contributed by atoms with Crippen molar-refractivity contribution in [3.05, 3.63) is 65.0 Å². The zero-order valence-corrected chi connectivity index (χ0v) is 16.9. The van der Waals surface area contributed by atoms with Crippen LogP contribution in [0.3, 0.4) is 0 Å². The second-order valence-electron chi connectivity index (χ2n) is 7.62. The van der Waals surface area contributed by atoms with Gasteiger partial charge in [0.25, 0.3) is 0 Å². The Kier molecular flexibility index (Phi) is 4.94. The third-order valence-corrected chi connectivity index (χ3v) is 6.61. The summed E-state index contributed by atoms with van der Waals surface area (Å²) in [7, 11) is 0. The quantitative estimate of drug-likeness (QED) is 0.573. The highest BCUT2D eigenvalue weighted by Crippen LogP contribution is 2.43. The molecule has 29 heavy (non-hydrogen) atoms. The number of nitrogens with zero attached hydrogens (tertiary/aromatic N) is 1. The number of carbonyl (C=O) groups is 1. The van der Waals surface area contributed by atoms with E-state index in [-0.39, 0.29) is 11.8 Å². The van der Waals surface area contributed by atoms with Crippen molar-refractivity contribution < 1.29 is 9.53 Å². The van der Waals surface area contributed by atoms with Gasteiger partial charge in [0.15, 0.2) is 5.13 Å². The van der Waals surface area contributed by atoms with Crippen molar-refractivity contribution in [2.24, 2.45) is 0 Å². The van der Waals surface area contributed by atoms with Crippen LogP contribution in [0.4, 0.5) is 16.6 Å². The van der Waals surface area contributed by atoms with Crippen molar-refractivity contribution >= 4 is 33.9 Å². The first kappa shape index (κ1) is 18.2. The molecule has 0 radical (unpaired) electrons. The normalized spacial score (nSPS) is 18.9. The lowest BCUT2D eigenvalue weighted by molar-refractivity contribution is -0.116. The van der Waals surface area contributed by atoms with Crippen LogP contribution in [-0.2, 0) is 4.79 Å². The smallest absolute Gasteiger partial charge is 0.226 e. The van der Waals surface area contributed by atoms with Gasteiger partial charge in [-0.05, 0) is 55.5 Å². The summed E-state index contributed by atoms with van der Waals surface area (Å²) in [5.41, 5.74) is 2.10. The highest BCUT2D eigenvalue weighted by atomic mass is 32.1. The van der Waals surface area contributed by atoms with E-state index in [4.69, 9.17) is 4.74 Å². The first-order chi connectivity index (χ1) is 14.2. The number of amides is 1. The van der Waals surface area contributed by atoms with E-state index in [1.54, 1.807) is 11.3 Å². The average molecular weight is 406 g/mol. The number of benzene rings is 2. The predicted molar refractivity (Wildman–Crippen MR) is 116 cm³/mol. The third-order valence-electron chi connectivity index (χ3n) is 5.53. The summed E-state index contributed by atoms with van der Waals surface area (Å²) in [4.78, 5) is 18.0. The standard InChI is InChI=1S/C23H23N3O2S/c27-20-14-19(15-10-12-18(13-11-15)28-17-8-4-5-9-17)21-22(25-20)26-23(29-21)24-16-6-2-1-3-7-16/h1-3,6-7,10-13,17,19H,4-5,8-9,14H2,(H,24,26)(H,25,27). The number of anilines is 3. The molecule has 2 aromatic carbocycles. The summed E-state index contributed by atoms with van der Waals surface area (Å²) in [6.07, 6.45) is 5.59. The van der Waals surface area contributed by atoms with E-state index in [2.05, 4.69) is 27.8 Å². The molecule has 2 heterocycles. The van der Waals surface area contributed by atoms with E-state index >= 15 is 0 Å². The first-order valence-electron chi connectivity index (χ1n) is 10.1. The summed E-state index contributed by atoms with van der Waals surface area (Å²) < 4.78 is 6.08. The zero-order valence-electron chi connectivity index (χ0n) is 16.1. The number of fused-ring (bicyclic) bond motifs is 1. The van der Waals surface area contributed by atoms with Crippen molar-refractivity contribution in [1.82, 2.24) is 4.98 Å². The van der Waals surface area contributed by atoms with Gasteiger partial charge in [-0.2, -0.15) is 0 Å². The van der Waals surface area contributed by atoms with Gasteiger partial charge in [0.1, 0.15) is 11.6 Å². The van der Waals surface area contributed by atoms with Crippen LogP contribution in [0.5, 0.6) is 5.75 Å². The molecule has 1 atom stereocenters. The largest absolute Gasteiger partial charge is 0.490 e. The average Bonchev–Trinajstić information content (AvgIpc) is 3.38. The molecule has 1 amide bonds. The second-order valence-corrected chi connectivity index (χ2v) is 8.65. The van der Waals surface area contributed by atoms with Gasteiger partial charge >= 0.3 is 0 Å². The minimum atomic E-state index is 0.00495. The number of carbonyl (C=O) groups excluding carboxylic acids is 1. The fourth-order valence-electron chi connectivity index (χ4n) is 4.06. The number of nitrogens with one attached hydrogen (secondary N) is 2. The maximum atomic E-state index is 12.3. The number of thiazole rings is 1. The second kappa shape index (κ2) is 7.87. The Morgan fingerprint density at radius 1 is 1.03 bits per heavy atom. The summed E-state index contributed by atoms with van der Waals surface area (Å²) in [6, 6.07) is 18.2. The lowest BCUT2D eigenvalue weighted by atomic mass is 9.91. The Morgan fingerprint density at radius 2 is 1.79 bits per heavy atom. The minimum Gasteiger partial charge on any atom is -0.490 e. The summed E-state index contributed by atoms with van der Waals surface area (Å²) in [6.45, 7) is 0. The van der Waals surface area contributed by atoms with Crippen LogP contribution in [0.2, 0.25) is 0 Å². The fourth-order valence-corrected chi connectivity index (χ4v) is 5.13. The van der Waals surface area contributed by atoms with Crippen LogP contribution in [0.15, 0.2) is 54.6 Å². The molecule has 1 aliphatic carbocycles. The molecular formula is C23H23N3O2S. The fraction of sp³-hybridized carbons (Fsp3) is 0.304. The number of para-hydroxylation sites is 1. The van der Waals surface area contributed by atoms with Crippen LogP contribution in [0.25, 0.3) is 0 Å². The van der Waals surface area contributed by atoms with Crippen molar-refractivity contribution in [3.8, 4) is 5.75 Å². The molecule has 0 bridgehead atoms. The van der Waals surface area contributed by atoms with Gasteiger partial charge in [0.2, 0.25) is 5.91 Å². The molecule has 2 N–H and O–H groups in total. The summed E-state index contributed by atoms with van der Waals surface area (Å²) >= 11 is 1.60. The molecule has 0 saturated heterocycles. The van der Waals surface area contributed by atoms with Crippen molar-refractivity contribution in [2.75, 3.05) is 10.6 Å². The Hall–Kier alpha value is -2.86. The Morgan fingerprint density at radius 3 is 2.55 bits per heavy atom. The molecule has 6 heteroatoms. The number of aromatic nitrogens is 1.